The molecule has 0 saturated heterocycles. The summed E-state index contributed by atoms with van der Waals surface area (Å²) < 4.78 is 6.07. The predicted octanol–water partition coefficient (Wildman–Crippen LogP) is 5.57. The lowest BCUT2D eigenvalue weighted by molar-refractivity contribution is 0.0110. The fourth-order valence-electron chi connectivity index (χ4n) is 3.22. The average Bonchev–Trinajstić information content (AvgIpc) is 2.60. The summed E-state index contributed by atoms with van der Waals surface area (Å²) in [6.07, 6.45) is 13.6. The molecule has 2 heteroatoms. The highest BCUT2D eigenvalue weighted by Gasteiger charge is 2.19. The highest BCUT2D eigenvalue weighted by atomic mass is 16.5. The fraction of sp³-hybridized carbons (Fsp3) is 0.571. The molecule has 0 N–H and O–H groups in total. The Kier molecular flexibility index (Phi) is 7.90. The first-order valence-corrected chi connectivity index (χ1v) is 9.07. The van der Waals surface area contributed by atoms with Crippen molar-refractivity contribution in [3.05, 3.63) is 47.5 Å². The van der Waals surface area contributed by atoms with Gasteiger partial charge in [0.1, 0.15) is 0 Å². The van der Waals surface area contributed by atoms with Crippen LogP contribution < -0.4 is 0 Å². The lowest BCUT2D eigenvalue weighted by Crippen LogP contribution is -2.20. The van der Waals surface area contributed by atoms with Gasteiger partial charge in [-0.25, -0.2) is 0 Å². The number of benzene rings is 1. The van der Waals surface area contributed by atoms with Gasteiger partial charge in [-0.3, -0.25) is 0 Å². The van der Waals surface area contributed by atoms with E-state index in [9.17, 15) is 0 Å². The maximum absolute atomic E-state index is 8.58. The van der Waals surface area contributed by atoms with E-state index in [2.05, 4.69) is 37.3 Å². The van der Waals surface area contributed by atoms with Crippen LogP contribution in [0.25, 0.3) is 0 Å². The van der Waals surface area contributed by atoms with Gasteiger partial charge in [-0.15, -0.1) is 0 Å². The van der Waals surface area contributed by atoms with E-state index in [-0.39, 0.29) is 0 Å². The van der Waals surface area contributed by atoms with E-state index in [0.717, 1.165) is 32.3 Å². The quantitative estimate of drug-likeness (QED) is 0.464. The standard InChI is InChI=1S/C21H29NO/c1-2-3-4-6-18-8-10-20(11-9-18)17-23-21-14-12-19(13-15-21)7-5-16-22/h5,7-11,19,21H,2-4,6,12-15,17H2,1H3. The Morgan fingerprint density at radius 3 is 2.43 bits per heavy atom. The lowest BCUT2D eigenvalue weighted by atomic mass is 9.87. The van der Waals surface area contributed by atoms with Crippen LogP contribution in [0.4, 0.5) is 0 Å². The van der Waals surface area contributed by atoms with Crippen LogP contribution in [0.3, 0.4) is 0 Å². The number of hydrogen-bond acceptors (Lipinski definition) is 2. The summed E-state index contributed by atoms with van der Waals surface area (Å²) in [6.45, 7) is 2.96. The maximum atomic E-state index is 8.58. The first-order chi connectivity index (χ1) is 11.3. The number of allylic oxidation sites excluding steroid dienone is 2. The Labute approximate surface area is 141 Å². The van der Waals surface area contributed by atoms with E-state index in [1.807, 2.05) is 6.08 Å². The zero-order chi connectivity index (χ0) is 16.3. The van der Waals surface area contributed by atoms with Crippen LogP contribution in [0, 0.1) is 17.2 Å². The molecule has 1 aromatic carbocycles. The van der Waals surface area contributed by atoms with E-state index in [4.69, 9.17) is 10.00 Å². The molecule has 124 valence electrons. The fourth-order valence-corrected chi connectivity index (χ4v) is 3.22. The molecule has 0 spiro atoms. The van der Waals surface area contributed by atoms with Gasteiger partial charge in [0.05, 0.1) is 18.8 Å². The Balaban J connectivity index is 1.68. The van der Waals surface area contributed by atoms with Crippen molar-refractivity contribution in [1.29, 1.82) is 5.26 Å². The van der Waals surface area contributed by atoms with Crippen LogP contribution in [0.2, 0.25) is 0 Å². The summed E-state index contributed by atoms with van der Waals surface area (Å²) in [7, 11) is 0. The molecule has 0 aliphatic heterocycles. The van der Waals surface area contributed by atoms with Crippen LogP contribution in [-0.4, -0.2) is 6.10 Å². The second-order valence-corrected chi connectivity index (χ2v) is 6.61. The third-order valence-electron chi connectivity index (χ3n) is 4.74. The van der Waals surface area contributed by atoms with Crippen LogP contribution in [0.15, 0.2) is 36.4 Å². The van der Waals surface area contributed by atoms with Crippen molar-refractivity contribution in [1.82, 2.24) is 0 Å². The van der Waals surface area contributed by atoms with Gasteiger partial charge in [0, 0.05) is 6.08 Å². The van der Waals surface area contributed by atoms with Crippen LogP contribution >= 0.6 is 0 Å². The van der Waals surface area contributed by atoms with E-state index < -0.39 is 0 Å². The van der Waals surface area contributed by atoms with Gasteiger partial charge in [-0.2, -0.15) is 5.26 Å². The molecule has 1 fully saturated rings. The number of hydrogen-bond donors (Lipinski definition) is 0. The molecule has 1 aliphatic rings. The number of rotatable bonds is 8. The molecule has 0 heterocycles. The summed E-state index contributed by atoms with van der Waals surface area (Å²) in [5.41, 5.74) is 2.71. The summed E-state index contributed by atoms with van der Waals surface area (Å²) >= 11 is 0. The first kappa shape index (κ1) is 17.8. The Morgan fingerprint density at radius 2 is 1.78 bits per heavy atom. The molecule has 2 rings (SSSR count). The molecule has 2 nitrogen and oxygen atoms in total. The Hall–Kier alpha value is -1.59. The highest BCUT2D eigenvalue weighted by molar-refractivity contribution is 5.22. The second kappa shape index (κ2) is 10.2. The van der Waals surface area contributed by atoms with Crippen molar-refractivity contribution in [2.45, 2.75) is 71.0 Å². The van der Waals surface area contributed by atoms with Crippen molar-refractivity contribution in [3.8, 4) is 6.07 Å². The van der Waals surface area contributed by atoms with Crippen molar-refractivity contribution < 1.29 is 4.74 Å². The zero-order valence-electron chi connectivity index (χ0n) is 14.3. The number of unbranched alkanes of at least 4 members (excludes halogenated alkanes) is 2. The molecular weight excluding hydrogens is 282 g/mol. The first-order valence-electron chi connectivity index (χ1n) is 9.07. The maximum Gasteiger partial charge on any atom is 0.0908 e. The van der Waals surface area contributed by atoms with Gasteiger partial charge in [-0.05, 0) is 55.6 Å². The molecule has 1 aliphatic carbocycles. The number of nitriles is 1. The second-order valence-electron chi connectivity index (χ2n) is 6.61. The van der Waals surface area contributed by atoms with E-state index >= 15 is 0 Å². The molecule has 1 aromatic rings. The summed E-state index contributed by atoms with van der Waals surface area (Å²) in [5.74, 6) is 0.567. The summed E-state index contributed by atoms with van der Waals surface area (Å²) in [5, 5.41) is 8.58. The van der Waals surface area contributed by atoms with Gasteiger partial charge >= 0.3 is 0 Å². The smallest absolute Gasteiger partial charge is 0.0908 e. The van der Waals surface area contributed by atoms with Crippen molar-refractivity contribution in [2.75, 3.05) is 0 Å². The molecule has 0 aromatic heterocycles. The van der Waals surface area contributed by atoms with E-state index in [1.165, 1.54) is 36.8 Å². The third-order valence-corrected chi connectivity index (χ3v) is 4.74. The SMILES string of the molecule is CCCCCc1ccc(COC2CCC(C=CC#N)CC2)cc1. The highest BCUT2D eigenvalue weighted by Crippen LogP contribution is 2.27. The third kappa shape index (κ3) is 6.59. The Morgan fingerprint density at radius 1 is 1.09 bits per heavy atom. The largest absolute Gasteiger partial charge is 0.374 e. The molecule has 23 heavy (non-hydrogen) atoms. The zero-order valence-corrected chi connectivity index (χ0v) is 14.3. The molecule has 0 atom stereocenters. The van der Waals surface area contributed by atoms with Crippen LogP contribution in [0.5, 0.6) is 0 Å². The van der Waals surface area contributed by atoms with Gasteiger partial charge in [0.25, 0.3) is 0 Å². The number of nitrogens with zero attached hydrogens (tertiary/aromatic N) is 1. The van der Waals surface area contributed by atoms with Gasteiger partial charge in [0.15, 0.2) is 0 Å². The van der Waals surface area contributed by atoms with Crippen molar-refractivity contribution in [3.63, 3.8) is 0 Å². The molecule has 1 saturated carbocycles. The summed E-state index contributed by atoms with van der Waals surface area (Å²) in [4.78, 5) is 0. The van der Waals surface area contributed by atoms with Crippen LogP contribution in [-0.2, 0) is 17.8 Å². The minimum absolute atomic E-state index is 0.381. The van der Waals surface area contributed by atoms with Crippen molar-refractivity contribution >= 4 is 0 Å². The molecule has 0 bridgehead atoms. The average molecular weight is 311 g/mol. The van der Waals surface area contributed by atoms with E-state index in [0.29, 0.717) is 12.0 Å². The molecule has 0 radical (unpaired) electrons. The van der Waals surface area contributed by atoms with Crippen molar-refractivity contribution in [2.24, 2.45) is 5.92 Å². The molecule has 0 amide bonds. The predicted molar refractivity (Wildman–Crippen MR) is 95.0 cm³/mol. The monoisotopic (exact) mass is 311 g/mol. The molecular formula is C21H29NO. The van der Waals surface area contributed by atoms with Crippen LogP contribution in [0.1, 0.15) is 63.0 Å². The van der Waals surface area contributed by atoms with Gasteiger partial charge < -0.3 is 4.74 Å². The van der Waals surface area contributed by atoms with Gasteiger partial charge in [-0.1, -0.05) is 50.1 Å². The number of ether oxygens (including phenoxy) is 1. The lowest BCUT2D eigenvalue weighted by Gasteiger charge is -2.26. The number of aryl methyl sites for hydroxylation is 1. The topological polar surface area (TPSA) is 33.0 Å². The molecule has 0 unspecified atom stereocenters. The normalized spacial score (nSPS) is 21.4. The van der Waals surface area contributed by atoms with E-state index in [1.54, 1.807) is 6.08 Å². The summed E-state index contributed by atoms with van der Waals surface area (Å²) in [6, 6.07) is 11.0. The Bertz CT molecular complexity index is 504. The minimum atomic E-state index is 0.381. The minimum Gasteiger partial charge on any atom is -0.374 e. The van der Waals surface area contributed by atoms with Gasteiger partial charge in [0.2, 0.25) is 0 Å².